The number of benzene rings is 1. The molecule has 0 radical (unpaired) electrons. The van der Waals surface area contributed by atoms with Gasteiger partial charge in [-0.05, 0) is 24.8 Å². The van der Waals surface area contributed by atoms with Crippen molar-refractivity contribution in [2.45, 2.75) is 25.1 Å². The zero-order chi connectivity index (χ0) is 14.9. The van der Waals surface area contributed by atoms with Crippen molar-refractivity contribution in [1.82, 2.24) is 0 Å². The summed E-state index contributed by atoms with van der Waals surface area (Å²) in [6, 6.07) is 2.45. The number of nitro groups is 1. The third-order valence-electron chi connectivity index (χ3n) is 3.31. The highest BCUT2D eigenvalue weighted by atomic mass is 19.4. The number of hydrogen-bond acceptors (Lipinski definition) is 4. The average molecular weight is 289 g/mol. The highest BCUT2D eigenvalue weighted by Gasteiger charge is 2.37. The minimum atomic E-state index is -4.66. The first kappa shape index (κ1) is 14.6. The van der Waals surface area contributed by atoms with Crippen LogP contribution in [0.25, 0.3) is 0 Å². The standard InChI is InChI=1S/C12H14F3N3O2/c13-12(14,15)9-5-8(18(19)20)3-4-10(9)17-11(6-16)7-1-2-7/h3-5,7,11,17H,1-2,6,16H2. The largest absolute Gasteiger partial charge is 0.418 e. The molecule has 0 amide bonds. The zero-order valence-electron chi connectivity index (χ0n) is 10.5. The van der Waals surface area contributed by atoms with Gasteiger partial charge in [-0.25, -0.2) is 0 Å². The van der Waals surface area contributed by atoms with Crippen molar-refractivity contribution < 1.29 is 18.1 Å². The molecular weight excluding hydrogens is 275 g/mol. The Morgan fingerprint density at radius 3 is 2.55 bits per heavy atom. The Bertz CT molecular complexity index is 515. The molecule has 0 bridgehead atoms. The van der Waals surface area contributed by atoms with Gasteiger partial charge in [-0.3, -0.25) is 10.1 Å². The number of non-ortho nitro benzene ring substituents is 1. The summed E-state index contributed by atoms with van der Waals surface area (Å²) in [6.07, 6.45) is -2.79. The zero-order valence-corrected chi connectivity index (χ0v) is 10.5. The fraction of sp³-hybridized carbons (Fsp3) is 0.500. The Balaban J connectivity index is 2.33. The van der Waals surface area contributed by atoms with E-state index in [1.807, 2.05) is 0 Å². The highest BCUT2D eigenvalue weighted by molar-refractivity contribution is 5.58. The second-order valence-corrected chi connectivity index (χ2v) is 4.81. The molecule has 1 aromatic carbocycles. The maximum atomic E-state index is 13.0. The average Bonchev–Trinajstić information content (AvgIpc) is 3.18. The lowest BCUT2D eigenvalue weighted by Crippen LogP contribution is -2.31. The summed E-state index contributed by atoms with van der Waals surface area (Å²) in [4.78, 5) is 9.74. The summed E-state index contributed by atoms with van der Waals surface area (Å²) in [5.41, 5.74) is 3.76. The van der Waals surface area contributed by atoms with Crippen LogP contribution in [0.5, 0.6) is 0 Å². The van der Waals surface area contributed by atoms with Gasteiger partial charge in [0.15, 0.2) is 0 Å². The molecule has 0 aromatic heterocycles. The Morgan fingerprint density at radius 2 is 2.10 bits per heavy atom. The molecule has 0 aliphatic heterocycles. The first-order valence-corrected chi connectivity index (χ1v) is 6.15. The predicted molar refractivity (Wildman–Crippen MR) is 67.3 cm³/mol. The number of halogens is 3. The third kappa shape index (κ3) is 3.19. The second kappa shape index (κ2) is 5.28. The number of hydrogen-bond donors (Lipinski definition) is 2. The van der Waals surface area contributed by atoms with Gasteiger partial charge < -0.3 is 11.1 Å². The summed E-state index contributed by atoms with van der Waals surface area (Å²) in [5.74, 6) is 0.274. The Labute approximate surface area is 113 Å². The van der Waals surface area contributed by atoms with E-state index in [9.17, 15) is 23.3 Å². The number of nitrogens with zero attached hydrogens (tertiary/aromatic N) is 1. The molecule has 1 aliphatic carbocycles. The monoisotopic (exact) mass is 289 g/mol. The van der Waals surface area contributed by atoms with Crippen LogP contribution in [-0.2, 0) is 6.18 Å². The van der Waals surface area contributed by atoms with E-state index in [0.29, 0.717) is 6.07 Å². The number of alkyl halides is 3. The lowest BCUT2D eigenvalue weighted by atomic mass is 10.1. The molecule has 0 heterocycles. The smallest absolute Gasteiger partial charge is 0.380 e. The van der Waals surface area contributed by atoms with Crippen LogP contribution in [0.2, 0.25) is 0 Å². The Morgan fingerprint density at radius 1 is 1.45 bits per heavy atom. The van der Waals surface area contributed by atoms with Crippen molar-refractivity contribution in [1.29, 1.82) is 0 Å². The summed E-state index contributed by atoms with van der Waals surface area (Å²) in [6.45, 7) is 0.221. The molecule has 0 saturated heterocycles. The molecule has 1 aromatic rings. The molecular formula is C12H14F3N3O2. The predicted octanol–water partition coefficient (Wildman–Crippen LogP) is 2.76. The first-order valence-electron chi connectivity index (χ1n) is 6.15. The van der Waals surface area contributed by atoms with Gasteiger partial charge in [0.2, 0.25) is 0 Å². The van der Waals surface area contributed by atoms with Crippen LogP contribution < -0.4 is 11.1 Å². The molecule has 110 valence electrons. The van der Waals surface area contributed by atoms with Gasteiger partial charge in [-0.1, -0.05) is 0 Å². The van der Waals surface area contributed by atoms with Gasteiger partial charge in [0.1, 0.15) is 0 Å². The molecule has 8 heteroatoms. The molecule has 20 heavy (non-hydrogen) atoms. The van der Waals surface area contributed by atoms with E-state index >= 15 is 0 Å². The maximum absolute atomic E-state index is 13.0. The summed E-state index contributed by atoms with van der Waals surface area (Å²) >= 11 is 0. The number of nitro benzene ring substituents is 1. The molecule has 1 atom stereocenters. The molecule has 2 rings (SSSR count). The van der Waals surface area contributed by atoms with Crippen LogP contribution >= 0.6 is 0 Å². The maximum Gasteiger partial charge on any atom is 0.418 e. The topological polar surface area (TPSA) is 81.2 Å². The van der Waals surface area contributed by atoms with Crippen LogP contribution in [0.3, 0.4) is 0 Å². The number of nitrogens with one attached hydrogen (secondary N) is 1. The summed E-state index contributed by atoms with van der Waals surface area (Å²) in [7, 11) is 0. The third-order valence-corrected chi connectivity index (χ3v) is 3.31. The first-order chi connectivity index (χ1) is 9.32. The van der Waals surface area contributed by atoms with E-state index in [0.717, 1.165) is 25.0 Å². The summed E-state index contributed by atoms with van der Waals surface area (Å²) < 4.78 is 38.9. The molecule has 1 saturated carbocycles. The van der Waals surface area contributed by atoms with Gasteiger partial charge in [-0.2, -0.15) is 13.2 Å². The minimum Gasteiger partial charge on any atom is -0.380 e. The SMILES string of the molecule is NCC(Nc1ccc([N+](=O)[O-])cc1C(F)(F)F)C1CC1. The normalized spacial score (nSPS) is 16.8. The van der Waals surface area contributed by atoms with Crippen molar-refractivity contribution in [3.05, 3.63) is 33.9 Å². The van der Waals surface area contributed by atoms with E-state index in [1.165, 1.54) is 0 Å². The second-order valence-electron chi connectivity index (χ2n) is 4.81. The lowest BCUT2D eigenvalue weighted by Gasteiger charge is -2.20. The van der Waals surface area contributed by atoms with Gasteiger partial charge >= 0.3 is 6.18 Å². The molecule has 0 spiro atoms. The quantitative estimate of drug-likeness (QED) is 0.645. The molecule has 3 N–H and O–H groups in total. The van der Waals surface area contributed by atoms with Crippen molar-refractivity contribution in [2.24, 2.45) is 11.7 Å². The highest BCUT2D eigenvalue weighted by Crippen LogP contribution is 2.39. The van der Waals surface area contributed by atoms with Crippen LogP contribution in [-0.4, -0.2) is 17.5 Å². The minimum absolute atomic E-state index is 0.162. The van der Waals surface area contributed by atoms with Crippen LogP contribution in [0.15, 0.2) is 18.2 Å². The van der Waals surface area contributed by atoms with Crippen LogP contribution in [0, 0.1) is 16.0 Å². The van der Waals surface area contributed by atoms with Crippen LogP contribution in [0.1, 0.15) is 18.4 Å². The molecule has 1 fully saturated rings. The van der Waals surface area contributed by atoms with Gasteiger partial charge in [0.25, 0.3) is 5.69 Å². The fourth-order valence-electron chi connectivity index (χ4n) is 2.07. The lowest BCUT2D eigenvalue weighted by molar-refractivity contribution is -0.385. The molecule has 5 nitrogen and oxygen atoms in total. The van der Waals surface area contributed by atoms with Gasteiger partial charge in [-0.15, -0.1) is 0 Å². The summed E-state index contributed by atoms with van der Waals surface area (Å²) in [5, 5.41) is 13.4. The van der Waals surface area contributed by atoms with E-state index in [-0.39, 0.29) is 24.2 Å². The van der Waals surface area contributed by atoms with Crippen molar-refractivity contribution >= 4 is 11.4 Å². The fourth-order valence-corrected chi connectivity index (χ4v) is 2.07. The van der Waals surface area contributed by atoms with E-state index in [2.05, 4.69) is 5.32 Å². The Hall–Kier alpha value is -1.83. The van der Waals surface area contributed by atoms with Crippen LogP contribution in [0.4, 0.5) is 24.5 Å². The van der Waals surface area contributed by atoms with Gasteiger partial charge in [0.05, 0.1) is 10.5 Å². The van der Waals surface area contributed by atoms with Crippen molar-refractivity contribution in [3.63, 3.8) is 0 Å². The number of anilines is 1. The number of rotatable bonds is 5. The molecule has 1 aliphatic rings. The Kier molecular flexibility index (Phi) is 3.85. The van der Waals surface area contributed by atoms with E-state index in [4.69, 9.17) is 5.73 Å². The number of nitrogens with two attached hydrogens (primary N) is 1. The van der Waals surface area contributed by atoms with Gasteiger partial charge in [0, 0.05) is 30.4 Å². The van der Waals surface area contributed by atoms with Crippen molar-refractivity contribution in [2.75, 3.05) is 11.9 Å². The molecule has 1 unspecified atom stereocenters. The van der Waals surface area contributed by atoms with E-state index in [1.54, 1.807) is 0 Å². The van der Waals surface area contributed by atoms with Crippen molar-refractivity contribution in [3.8, 4) is 0 Å². The van der Waals surface area contributed by atoms with E-state index < -0.39 is 22.4 Å².